The van der Waals surface area contributed by atoms with Crippen LogP contribution in [0.1, 0.15) is 22.7 Å². The Kier molecular flexibility index (Phi) is 2.22. The highest BCUT2D eigenvalue weighted by atomic mass is 32.1. The maximum Gasteiger partial charge on any atom is 0.315 e. The van der Waals surface area contributed by atoms with Crippen LogP contribution in [0.3, 0.4) is 0 Å². The molecule has 1 aromatic rings. The summed E-state index contributed by atoms with van der Waals surface area (Å²) in [5.41, 5.74) is 0. The molecule has 2 rings (SSSR count). The summed E-state index contributed by atoms with van der Waals surface area (Å²) in [6.07, 6.45) is 1.07. The zero-order valence-corrected chi connectivity index (χ0v) is 8.28. The van der Waals surface area contributed by atoms with E-state index in [0.717, 1.165) is 6.42 Å². The molecule has 2 amide bonds. The maximum absolute atomic E-state index is 10.9. The third-order valence-corrected chi connectivity index (χ3v) is 3.49. The molecule has 0 radical (unpaired) electrons. The summed E-state index contributed by atoms with van der Waals surface area (Å²) in [5.74, 6) is 0. The topological polar surface area (TPSA) is 41.1 Å². The van der Waals surface area contributed by atoms with Gasteiger partial charge in [-0.3, -0.25) is 0 Å². The summed E-state index contributed by atoms with van der Waals surface area (Å²) in [6.45, 7) is 2.85. The first-order chi connectivity index (χ1) is 6.29. The van der Waals surface area contributed by atoms with Gasteiger partial charge in [-0.15, -0.1) is 11.3 Å². The van der Waals surface area contributed by atoms with Crippen LogP contribution in [0, 0.1) is 0 Å². The van der Waals surface area contributed by atoms with Crippen molar-refractivity contribution in [2.75, 3.05) is 6.54 Å². The zero-order chi connectivity index (χ0) is 9.26. The van der Waals surface area contributed by atoms with Gasteiger partial charge < -0.3 is 10.6 Å². The quantitative estimate of drug-likeness (QED) is 0.742. The van der Waals surface area contributed by atoms with Gasteiger partial charge in [-0.05, 0) is 18.6 Å². The molecular formula is C9H12N2OS. The first-order valence-electron chi connectivity index (χ1n) is 4.42. The van der Waals surface area contributed by atoms with E-state index >= 15 is 0 Å². The van der Waals surface area contributed by atoms with Crippen molar-refractivity contribution in [3.8, 4) is 0 Å². The fraction of sp³-hybridized carbons (Fsp3) is 0.444. The second-order valence-corrected chi connectivity index (χ2v) is 4.26. The molecule has 2 N–H and O–H groups in total. The van der Waals surface area contributed by atoms with E-state index in [-0.39, 0.29) is 12.1 Å². The number of aryl methyl sites for hydroxylation is 1. The van der Waals surface area contributed by atoms with E-state index in [2.05, 4.69) is 29.7 Å². The molecule has 0 aliphatic carbocycles. The molecule has 13 heavy (non-hydrogen) atoms. The third-order valence-electron chi connectivity index (χ3n) is 2.15. The van der Waals surface area contributed by atoms with Gasteiger partial charge in [-0.2, -0.15) is 0 Å². The number of amides is 2. The molecule has 1 atom stereocenters. The van der Waals surface area contributed by atoms with Gasteiger partial charge in [-0.1, -0.05) is 6.92 Å². The SMILES string of the molecule is CCc1ccc([C@@H]2CNC(=O)N2)s1. The zero-order valence-electron chi connectivity index (χ0n) is 7.46. The molecule has 3 nitrogen and oxygen atoms in total. The number of thiophene rings is 1. The van der Waals surface area contributed by atoms with E-state index in [1.807, 2.05) is 0 Å². The number of rotatable bonds is 2. The Bertz CT molecular complexity index is 321. The molecule has 1 aliphatic rings. The Labute approximate surface area is 81.2 Å². The molecule has 1 fully saturated rings. The molecule has 2 heterocycles. The van der Waals surface area contributed by atoms with Crippen molar-refractivity contribution in [3.63, 3.8) is 0 Å². The molecule has 4 heteroatoms. The average molecular weight is 196 g/mol. The van der Waals surface area contributed by atoms with Gasteiger partial charge in [0.05, 0.1) is 6.04 Å². The van der Waals surface area contributed by atoms with Crippen molar-refractivity contribution in [2.45, 2.75) is 19.4 Å². The standard InChI is InChI=1S/C9H12N2OS/c1-2-6-3-4-8(13-6)7-5-10-9(12)11-7/h3-4,7H,2,5H2,1H3,(H2,10,11,12)/t7-/m0/s1. The lowest BCUT2D eigenvalue weighted by atomic mass is 10.2. The van der Waals surface area contributed by atoms with Crippen molar-refractivity contribution in [1.29, 1.82) is 0 Å². The number of hydrogen-bond acceptors (Lipinski definition) is 2. The fourth-order valence-corrected chi connectivity index (χ4v) is 2.40. The Morgan fingerprint density at radius 1 is 1.62 bits per heavy atom. The second-order valence-electron chi connectivity index (χ2n) is 3.06. The van der Waals surface area contributed by atoms with Crippen LogP contribution in [0.2, 0.25) is 0 Å². The molecule has 0 unspecified atom stereocenters. The number of carbonyl (C=O) groups is 1. The fourth-order valence-electron chi connectivity index (χ4n) is 1.40. The van der Waals surface area contributed by atoms with Gasteiger partial charge in [-0.25, -0.2) is 4.79 Å². The van der Waals surface area contributed by atoms with Gasteiger partial charge in [0.25, 0.3) is 0 Å². The van der Waals surface area contributed by atoms with Crippen LogP contribution in [0.5, 0.6) is 0 Å². The maximum atomic E-state index is 10.9. The van der Waals surface area contributed by atoms with Crippen molar-refractivity contribution < 1.29 is 4.79 Å². The number of nitrogens with one attached hydrogen (secondary N) is 2. The Morgan fingerprint density at radius 3 is 3.00 bits per heavy atom. The van der Waals surface area contributed by atoms with Gasteiger partial charge in [0, 0.05) is 16.3 Å². The molecule has 70 valence electrons. The molecular weight excluding hydrogens is 184 g/mol. The first-order valence-corrected chi connectivity index (χ1v) is 5.24. The number of urea groups is 1. The first kappa shape index (κ1) is 8.56. The van der Waals surface area contributed by atoms with Crippen LogP contribution >= 0.6 is 11.3 Å². The van der Waals surface area contributed by atoms with E-state index < -0.39 is 0 Å². The van der Waals surface area contributed by atoms with Crippen LogP contribution in [-0.2, 0) is 6.42 Å². The normalized spacial score (nSPS) is 21.3. The van der Waals surface area contributed by atoms with Gasteiger partial charge in [0.2, 0.25) is 0 Å². The summed E-state index contributed by atoms with van der Waals surface area (Å²) < 4.78 is 0. The third kappa shape index (κ3) is 1.67. The van der Waals surface area contributed by atoms with E-state index in [4.69, 9.17) is 0 Å². The Morgan fingerprint density at radius 2 is 2.46 bits per heavy atom. The molecule has 1 aliphatic heterocycles. The van der Waals surface area contributed by atoms with Crippen molar-refractivity contribution in [1.82, 2.24) is 10.6 Å². The van der Waals surface area contributed by atoms with Crippen LogP contribution in [-0.4, -0.2) is 12.6 Å². The highest BCUT2D eigenvalue weighted by Gasteiger charge is 2.22. The van der Waals surface area contributed by atoms with Gasteiger partial charge in [0.15, 0.2) is 0 Å². The Balaban J connectivity index is 2.12. The minimum Gasteiger partial charge on any atom is -0.336 e. The van der Waals surface area contributed by atoms with Crippen molar-refractivity contribution >= 4 is 17.4 Å². The van der Waals surface area contributed by atoms with Gasteiger partial charge >= 0.3 is 6.03 Å². The van der Waals surface area contributed by atoms with Gasteiger partial charge in [0.1, 0.15) is 0 Å². The molecule has 1 saturated heterocycles. The average Bonchev–Trinajstić information content (AvgIpc) is 2.71. The minimum absolute atomic E-state index is 0.0588. The second kappa shape index (κ2) is 3.38. The van der Waals surface area contributed by atoms with E-state index in [9.17, 15) is 4.79 Å². The predicted molar refractivity (Wildman–Crippen MR) is 53.0 cm³/mol. The summed E-state index contributed by atoms with van der Waals surface area (Å²) in [7, 11) is 0. The molecule has 0 saturated carbocycles. The summed E-state index contributed by atoms with van der Waals surface area (Å²) in [4.78, 5) is 13.5. The minimum atomic E-state index is -0.0588. The smallest absolute Gasteiger partial charge is 0.315 e. The van der Waals surface area contributed by atoms with Crippen LogP contribution in [0.15, 0.2) is 12.1 Å². The number of carbonyl (C=O) groups excluding carboxylic acids is 1. The molecule has 0 aromatic carbocycles. The summed E-state index contributed by atoms with van der Waals surface area (Å²) in [5, 5.41) is 5.62. The lowest BCUT2D eigenvalue weighted by molar-refractivity contribution is 0.247. The van der Waals surface area contributed by atoms with E-state index in [1.54, 1.807) is 11.3 Å². The van der Waals surface area contributed by atoms with Crippen molar-refractivity contribution in [2.24, 2.45) is 0 Å². The highest BCUT2D eigenvalue weighted by molar-refractivity contribution is 7.12. The lowest BCUT2D eigenvalue weighted by Gasteiger charge is -2.03. The summed E-state index contributed by atoms with van der Waals surface area (Å²) in [6, 6.07) is 4.35. The number of hydrogen-bond donors (Lipinski definition) is 2. The largest absolute Gasteiger partial charge is 0.336 e. The molecule has 0 spiro atoms. The predicted octanol–water partition coefficient (Wildman–Crippen LogP) is 1.66. The van der Waals surface area contributed by atoms with Crippen LogP contribution in [0.4, 0.5) is 4.79 Å². The lowest BCUT2D eigenvalue weighted by Crippen LogP contribution is -2.21. The van der Waals surface area contributed by atoms with Crippen LogP contribution in [0.25, 0.3) is 0 Å². The molecule has 1 aromatic heterocycles. The highest BCUT2D eigenvalue weighted by Crippen LogP contribution is 2.24. The Hall–Kier alpha value is -1.03. The van der Waals surface area contributed by atoms with Crippen LogP contribution < -0.4 is 10.6 Å². The van der Waals surface area contributed by atoms with E-state index in [1.165, 1.54) is 9.75 Å². The monoisotopic (exact) mass is 196 g/mol. The summed E-state index contributed by atoms with van der Waals surface area (Å²) >= 11 is 1.78. The molecule has 0 bridgehead atoms. The van der Waals surface area contributed by atoms with Crippen molar-refractivity contribution in [3.05, 3.63) is 21.9 Å². The van der Waals surface area contributed by atoms with E-state index in [0.29, 0.717) is 6.54 Å².